The summed E-state index contributed by atoms with van der Waals surface area (Å²) in [5, 5.41) is 6.93. The normalized spacial score (nSPS) is 13.5. The van der Waals surface area contributed by atoms with Gasteiger partial charge < -0.3 is 15.4 Å². The number of fused-ring (bicyclic) bond motifs is 1. The van der Waals surface area contributed by atoms with Crippen LogP contribution in [0.5, 0.6) is 0 Å². The van der Waals surface area contributed by atoms with Crippen LogP contribution in [0.3, 0.4) is 0 Å². The number of nitrogens with one attached hydrogen (secondary N) is 2. The summed E-state index contributed by atoms with van der Waals surface area (Å²) in [7, 11) is 0. The Morgan fingerprint density at radius 3 is 2.82 bits per heavy atom. The van der Waals surface area contributed by atoms with Gasteiger partial charge in [0.1, 0.15) is 0 Å². The van der Waals surface area contributed by atoms with Crippen LogP contribution in [0.25, 0.3) is 0 Å². The molecule has 0 spiro atoms. The molecule has 1 aliphatic rings. The second-order valence-corrected chi connectivity index (χ2v) is 7.24. The van der Waals surface area contributed by atoms with Crippen molar-refractivity contribution in [2.75, 3.05) is 31.6 Å². The molecule has 0 bridgehead atoms. The predicted molar refractivity (Wildman–Crippen MR) is 117 cm³/mol. The molecule has 0 saturated heterocycles. The highest BCUT2D eigenvalue weighted by molar-refractivity contribution is 7.80. The van der Waals surface area contributed by atoms with Crippen molar-refractivity contribution in [2.45, 2.75) is 26.3 Å². The van der Waals surface area contributed by atoms with E-state index in [4.69, 9.17) is 17.0 Å². The summed E-state index contributed by atoms with van der Waals surface area (Å²) in [6, 6.07) is 15.9. The summed E-state index contributed by atoms with van der Waals surface area (Å²) in [6.45, 7) is 6.14. The molecule has 0 aromatic heterocycles. The lowest BCUT2D eigenvalue weighted by Gasteiger charge is -2.28. The summed E-state index contributed by atoms with van der Waals surface area (Å²) in [5.41, 5.74) is 4.21. The number of carbonyl (C=O) groups excluding carboxylic acids is 1. The highest BCUT2D eigenvalue weighted by Crippen LogP contribution is 2.18. The lowest BCUT2D eigenvalue weighted by Crippen LogP contribution is -2.34. The Morgan fingerprint density at radius 2 is 2.00 bits per heavy atom. The Bertz CT molecular complexity index is 825. The first-order chi connectivity index (χ1) is 13.7. The number of thiocarbonyl (C=S) groups is 1. The number of carbonyl (C=O) groups is 1. The smallest absolute Gasteiger partial charge is 0.338 e. The topological polar surface area (TPSA) is 53.6 Å². The fraction of sp³-hybridized carbons (Fsp3) is 0.364. The second kappa shape index (κ2) is 10.2. The van der Waals surface area contributed by atoms with Crippen LogP contribution in [0.15, 0.2) is 48.5 Å². The van der Waals surface area contributed by atoms with Gasteiger partial charge in [0.15, 0.2) is 5.11 Å². The van der Waals surface area contributed by atoms with Gasteiger partial charge in [0.25, 0.3) is 0 Å². The second-order valence-electron chi connectivity index (χ2n) is 6.83. The number of ether oxygens (including phenoxy) is 1. The zero-order chi connectivity index (χ0) is 19.8. The number of hydrogen-bond donors (Lipinski definition) is 2. The predicted octanol–water partition coefficient (Wildman–Crippen LogP) is 3.60. The average molecular weight is 398 g/mol. The molecule has 2 aromatic rings. The number of benzene rings is 2. The van der Waals surface area contributed by atoms with E-state index in [1.165, 1.54) is 11.1 Å². The lowest BCUT2D eigenvalue weighted by atomic mass is 10.00. The maximum absolute atomic E-state index is 11.8. The van der Waals surface area contributed by atoms with Crippen LogP contribution in [-0.4, -0.2) is 42.2 Å². The Morgan fingerprint density at radius 1 is 1.18 bits per heavy atom. The number of nitrogens with zero attached hydrogens (tertiary/aromatic N) is 1. The maximum Gasteiger partial charge on any atom is 0.338 e. The Balaban J connectivity index is 1.38. The van der Waals surface area contributed by atoms with Crippen LogP contribution in [0, 0.1) is 0 Å². The summed E-state index contributed by atoms with van der Waals surface area (Å²) in [5.74, 6) is -0.326. The van der Waals surface area contributed by atoms with Crippen molar-refractivity contribution >= 4 is 29.0 Å². The van der Waals surface area contributed by atoms with Crippen LogP contribution in [0.2, 0.25) is 0 Å². The van der Waals surface area contributed by atoms with E-state index in [2.05, 4.69) is 39.8 Å². The molecular formula is C22H27N3O2S. The summed E-state index contributed by atoms with van der Waals surface area (Å²) in [6.07, 6.45) is 2.15. The van der Waals surface area contributed by atoms with Crippen molar-refractivity contribution in [1.29, 1.82) is 0 Å². The number of anilines is 1. The van der Waals surface area contributed by atoms with Gasteiger partial charge in [0.05, 0.1) is 12.2 Å². The SMILES string of the molecule is CCOC(=O)c1cccc(NC(=S)NCCCN2CCc3ccccc3C2)c1. The van der Waals surface area contributed by atoms with E-state index in [1.807, 2.05) is 12.1 Å². The van der Waals surface area contributed by atoms with Gasteiger partial charge in [-0.05, 0) is 61.3 Å². The van der Waals surface area contributed by atoms with Crippen molar-refractivity contribution < 1.29 is 9.53 Å². The molecular weight excluding hydrogens is 370 g/mol. The molecule has 1 aliphatic heterocycles. The van der Waals surface area contributed by atoms with E-state index in [9.17, 15) is 4.79 Å². The molecule has 0 amide bonds. The third-order valence-electron chi connectivity index (χ3n) is 4.78. The molecule has 5 nitrogen and oxygen atoms in total. The third kappa shape index (κ3) is 5.78. The third-order valence-corrected chi connectivity index (χ3v) is 5.02. The molecule has 6 heteroatoms. The highest BCUT2D eigenvalue weighted by Gasteiger charge is 2.14. The molecule has 0 atom stereocenters. The molecule has 28 heavy (non-hydrogen) atoms. The van der Waals surface area contributed by atoms with Gasteiger partial charge in [0.2, 0.25) is 0 Å². The van der Waals surface area contributed by atoms with Crippen LogP contribution < -0.4 is 10.6 Å². The van der Waals surface area contributed by atoms with Crippen molar-refractivity contribution in [3.05, 3.63) is 65.2 Å². The number of rotatable bonds is 7. The molecule has 2 aromatic carbocycles. The first-order valence-electron chi connectivity index (χ1n) is 9.77. The Hall–Kier alpha value is -2.44. The summed E-state index contributed by atoms with van der Waals surface area (Å²) in [4.78, 5) is 14.3. The molecule has 0 fully saturated rings. The van der Waals surface area contributed by atoms with Gasteiger partial charge in [-0.1, -0.05) is 30.3 Å². The maximum atomic E-state index is 11.8. The molecule has 3 rings (SSSR count). The monoisotopic (exact) mass is 397 g/mol. The minimum Gasteiger partial charge on any atom is -0.462 e. The van der Waals surface area contributed by atoms with Crippen LogP contribution in [0.1, 0.15) is 34.8 Å². The minimum absolute atomic E-state index is 0.326. The molecule has 0 radical (unpaired) electrons. The Kier molecular flexibility index (Phi) is 7.39. The van der Waals surface area contributed by atoms with E-state index < -0.39 is 0 Å². The first-order valence-corrected chi connectivity index (χ1v) is 10.2. The van der Waals surface area contributed by atoms with E-state index in [0.29, 0.717) is 17.3 Å². The number of esters is 1. The quantitative estimate of drug-likeness (QED) is 0.423. The molecule has 0 saturated carbocycles. The van der Waals surface area contributed by atoms with Gasteiger partial charge in [-0.3, -0.25) is 4.90 Å². The van der Waals surface area contributed by atoms with Gasteiger partial charge in [-0.15, -0.1) is 0 Å². The van der Waals surface area contributed by atoms with Gasteiger partial charge in [-0.2, -0.15) is 0 Å². The van der Waals surface area contributed by atoms with Gasteiger partial charge in [-0.25, -0.2) is 4.79 Å². The van der Waals surface area contributed by atoms with E-state index in [1.54, 1.807) is 19.1 Å². The summed E-state index contributed by atoms with van der Waals surface area (Å²) >= 11 is 5.37. The largest absolute Gasteiger partial charge is 0.462 e. The van der Waals surface area contributed by atoms with Crippen molar-refractivity contribution in [1.82, 2.24) is 10.2 Å². The standard InChI is InChI=1S/C22H27N3O2S/c1-2-27-21(26)18-9-5-10-20(15-18)24-22(28)23-12-6-13-25-14-11-17-7-3-4-8-19(17)16-25/h3-5,7-10,15H,2,6,11-14,16H2,1H3,(H2,23,24,28). The van der Waals surface area contributed by atoms with E-state index in [0.717, 1.165) is 44.7 Å². The lowest BCUT2D eigenvalue weighted by molar-refractivity contribution is 0.0526. The molecule has 0 unspecified atom stereocenters. The molecule has 1 heterocycles. The van der Waals surface area contributed by atoms with E-state index in [-0.39, 0.29) is 5.97 Å². The van der Waals surface area contributed by atoms with E-state index >= 15 is 0 Å². The molecule has 0 aliphatic carbocycles. The zero-order valence-electron chi connectivity index (χ0n) is 16.2. The van der Waals surface area contributed by atoms with Gasteiger partial charge in [0, 0.05) is 31.9 Å². The summed E-state index contributed by atoms with van der Waals surface area (Å²) < 4.78 is 5.03. The first kappa shape index (κ1) is 20.3. The molecule has 2 N–H and O–H groups in total. The van der Waals surface area contributed by atoms with Crippen molar-refractivity contribution in [3.8, 4) is 0 Å². The van der Waals surface area contributed by atoms with Crippen LogP contribution in [0.4, 0.5) is 5.69 Å². The Labute approximate surface area is 172 Å². The average Bonchev–Trinajstić information content (AvgIpc) is 2.71. The fourth-order valence-corrected chi connectivity index (χ4v) is 3.58. The van der Waals surface area contributed by atoms with Crippen LogP contribution >= 0.6 is 12.2 Å². The molecule has 148 valence electrons. The van der Waals surface area contributed by atoms with Crippen molar-refractivity contribution in [3.63, 3.8) is 0 Å². The zero-order valence-corrected chi connectivity index (χ0v) is 17.1. The van der Waals surface area contributed by atoms with Crippen molar-refractivity contribution in [2.24, 2.45) is 0 Å². The van der Waals surface area contributed by atoms with Crippen LogP contribution in [-0.2, 0) is 17.7 Å². The minimum atomic E-state index is -0.326. The van der Waals surface area contributed by atoms with Gasteiger partial charge >= 0.3 is 5.97 Å². The number of hydrogen-bond acceptors (Lipinski definition) is 4. The fourth-order valence-electron chi connectivity index (χ4n) is 3.36. The highest BCUT2D eigenvalue weighted by atomic mass is 32.1.